The summed E-state index contributed by atoms with van der Waals surface area (Å²) in [6.07, 6.45) is 4.31. The Bertz CT molecular complexity index is 836. The molecule has 0 atom stereocenters. The normalized spacial score (nSPS) is 10.9. The molecule has 0 fully saturated rings. The van der Waals surface area contributed by atoms with Crippen LogP contribution in [0.25, 0.3) is 11.1 Å². The fraction of sp³-hybridized carbons (Fsp3) is 0.273. The molecular weight excluding hydrogens is 322 g/mol. The maximum Gasteiger partial charge on any atom is 0.220 e. The highest BCUT2D eigenvalue weighted by Crippen LogP contribution is 2.24. The molecule has 0 aliphatic rings. The van der Waals surface area contributed by atoms with Crippen molar-refractivity contribution in [3.8, 4) is 11.1 Å². The van der Waals surface area contributed by atoms with E-state index in [2.05, 4.69) is 60.7 Å². The van der Waals surface area contributed by atoms with E-state index in [1.807, 2.05) is 29.1 Å². The lowest BCUT2D eigenvalue weighted by Gasteiger charge is -2.12. The maximum atomic E-state index is 12.0. The Labute approximate surface area is 154 Å². The zero-order chi connectivity index (χ0) is 18.4. The Hall–Kier alpha value is -2.88. The Morgan fingerprint density at radius 1 is 1.08 bits per heavy atom. The van der Waals surface area contributed by atoms with E-state index in [0.717, 1.165) is 23.2 Å². The minimum absolute atomic E-state index is 0.101. The van der Waals surface area contributed by atoms with E-state index in [9.17, 15) is 4.79 Å². The van der Waals surface area contributed by atoms with Gasteiger partial charge in [-0.3, -0.25) is 9.48 Å². The van der Waals surface area contributed by atoms with E-state index >= 15 is 0 Å². The minimum Gasteiger partial charge on any atom is -0.352 e. The largest absolute Gasteiger partial charge is 0.352 e. The van der Waals surface area contributed by atoms with Crippen LogP contribution < -0.4 is 5.32 Å². The van der Waals surface area contributed by atoms with Crippen molar-refractivity contribution in [3.63, 3.8) is 0 Å². The number of aromatic nitrogens is 2. The molecule has 4 heteroatoms. The molecule has 1 amide bonds. The summed E-state index contributed by atoms with van der Waals surface area (Å²) in [5.74, 6) is 0.469. The first-order valence-electron chi connectivity index (χ1n) is 9.03. The van der Waals surface area contributed by atoms with Crippen LogP contribution in [0.2, 0.25) is 0 Å². The third-order valence-corrected chi connectivity index (χ3v) is 4.26. The summed E-state index contributed by atoms with van der Waals surface area (Å²) in [4.78, 5) is 12.0. The number of nitrogens with zero attached hydrogens (tertiary/aromatic N) is 2. The Kier molecular flexibility index (Phi) is 5.84. The van der Waals surface area contributed by atoms with Crippen LogP contribution in [0.15, 0.2) is 67.0 Å². The molecule has 0 bridgehead atoms. The SMILES string of the molecule is CC(C)CC(=O)NCc1ccccc1-c1ccc(Cn2cccn2)cc1. The van der Waals surface area contributed by atoms with Gasteiger partial charge in [-0.1, -0.05) is 62.4 Å². The van der Waals surface area contributed by atoms with Gasteiger partial charge in [-0.25, -0.2) is 0 Å². The fourth-order valence-electron chi connectivity index (χ4n) is 2.96. The van der Waals surface area contributed by atoms with Gasteiger partial charge in [0.05, 0.1) is 6.54 Å². The smallest absolute Gasteiger partial charge is 0.220 e. The standard InChI is InChI=1S/C22H25N3O/c1-17(2)14-22(26)23-15-20-6-3-4-7-21(20)19-10-8-18(9-11-19)16-25-13-5-12-24-25/h3-13,17H,14-16H2,1-2H3,(H,23,26). The second-order valence-electron chi connectivity index (χ2n) is 6.93. The summed E-state index contributed by atoms with van der Waals surface area (Å²) in [5, 5.41) is 7.27. The highest BCUT2D eigenvalue weighted by atomic mass is 16.1. The Balaban J connectivity index is 1.71. The minimum atomic E-state index is 0.101. The number of amides is 1. The molecule has 0 radical (unpaired) electrons. The first-order chi connectivity index (χ1) is 12.6. The molecule has 3 rings (SSSR count). The van der Waals surface area contributed by atoms with Gasteiger partial charge in [-0.2, -0.15) is 5.10 Å². The van der Waals surface area contributed by atoms with Crippen molar-refractivity contribution in [2.75, 3.05) is 0 Å². The third-order valence-electron chi connectivity index (χ3n) is 4.26. The highest BCUT2D eigenvalue weighted by molar-refractivity contribution is 5.76. The first-order valence-corrected chi connectivity index (χ1v) is 9.03. The quantitative estimate of drug-likeness (QED) is 0.694. The van der Waals surface area contributed by atoms with Gasteiger partial charge in [0.2, 0.25) is 5.91 Å². The van der Waals surface area contributed by atoms with Crippen molar-refractivity contribution in [1.82, 2.24) is 15.1 Å². The van der Waals surface area contributed by atoms with Crippen LogP contribution in [-0.4, -0.2) is 15.7 Å². The molecule has 1 aromatic heterocycles. The van der Waals surface area contributed by atoms with Crippen molar-refractivity contribution in [2.24, 2.45) is 5.92 Å². The monoisotopic (exact) mass is 347 g/mol. The van der Waals surface area contributed by atoms with Crippen molar-refractivity contribution >= 4 is 5.91 Å². The summed E-state index contributed by atoms with van der Waals surface area (Å²) in [6.45, 7) is 5.42. The molecule has 0 unspecified atom stereocenters. The third kappa shape index (κ3) is 4.82. The number of carbonyl (C=O) groups excluding carboxylic acids is 1. The number of carbonyl (C=O) groups is 1. The zero-order valence-electron chi connectivity index (χ0n) is 15.4. The molecular formula is C22H25N3O. The molecule has 2 aromatic carbocycles. The lowest BCUT2D eigenvalue weighted by molar-refractivity contribution is -0.121. The van der Waals surface area contributed by atoms with Gasteiger partial charge in [-0.15, -0.1) is 0 Å². The van der Waals surface area contributed by atoms with Crippen LogP contribution in [-0.2, 0) is 17.9 Å². The number of hydrogen-bond donors (Lipinski definition) is 1. The van der Waals surface area contributed by atoms with Gasteiger partial charge in [0.1, 0.15) is 0 Å². The van der Waals surface area contributed by atoms with Gasteiger partial charge >= 0.3 is 0 Å². The molecule has 0 aliphatic heterocycles. The van der Waals surface area contributed by atoms with Crippen LogP contribution >= 0.6 is 0 Å². The van der Waals surface area contributed by atoms with E-state index < -0.39 is 0 Å². The van der Waals surface area contributed by atoms with Crippen molar-refractivity contribution in [1.29, 1.82) is 0 Å². The molecule has 3 aromatic rings. The fourth-order valence-corrected chi connectivity index (χ4v) is 2.96. The molecule has 1 N–H and O–H groups in total. The van der Waals surface area contributed by atoms with Gasteiger partial charge in [0.25, 0.3) is 0 Å². The van der Waals surface area contributed by atoms with Crippen molar-refractivity contribution < 1.29 is 4.79 Å². The predicted molar refractivity (Wildman–Crippen MR) is 105 cm³/mol. The van der Waals surface area contributed by atoms with Crippen LogP contribution in [0.3, 0.4) is 0 Å². The second-order valence-corrected chi connectivity index (χ2v) is 6.93. The van der Waals surface area contributed by atoms with E-state index in [4.69, 9.17) is 0 Å². The van der Waals surface area contributed by atoms with E-state index in [1.54, 1.807) is 6.20 Å². The molecule has 0 saturated carbocycles. The Morgan fingerprint density at radius 2 is 1.85 bits per heavy atom. The summed E-state index contributed by atoms with van der Waals surface area (Å²) >= 11 is 0. The summed E-state index contributed by atoms with van der Waals surface area (Å²) in [7, 11) is 0. The van der Waals surface area contributed by atoms with Crippen LogP contribution in [0.4, 0.5) is 0 Å². The van der Waals surface area contributed by atoms with Crippen molar-refractivity contribution in [3.05, 3.63) is 78.1 Å². The molecule has 134 valence electrons. The molecule has 0 saturated heterocycles. The van der Waals surface area contributed by atoms with E-state index in [-0.39, 0.29) is 5.91 Å². The molecule has 26 heavy (non-hydrogen) atoms. The summed E-state index contributed by atoms with van der Waals surface area (Å²) < 4.78 is 1.91. The Morgan fingerprint density at radius 3 is 2.54 bits per heavy atom. The summed E-state index contributed by atoms with van der Waals surface area (Å²) in [6, 6.07) is 18.7. The average molecular weight is 347 g/mol. The average Bonchev–Trinajstić information content (AvgIpc) is 3.13. The van der Waals surface area contributed by atoms with E-state index in [0.29, 0.717) is 18.9 Å². The van der Waals surface area contributed by atoms with Gasteiger partial charge in [-0.05, 0) is 34.2 Å². The molecule has 0 spiro atoms. The number of nitrogens with one attached hydrogen (secondary N) is 1. The number of benzene rings is 2. The second kappa shape index (κ2) is 8.48. The van der Waals surface area contributed by atoms with Gasteiger partial charge < -0.3 is 5.32 Å². The lowest BCUT2D eigenvalue weighted by atomic mass is 9.98. The first kappa shape index (κ1) is 17.9. The molecule has 4 nitrogen and oxygen atoms in total. The van der Waals surface area contributed by atoms with Gasteiger partial charge in [0.15, 0.2) is 0 Å². The predicted octanol–water partition coefficient (Wildman–Crippen LogP) is 4.26. The molecule has 1 heterocycles. The van der Waals surface area contributed by atoms with Crippen LogP contribution in [0, 0.1) is 5.92 Å². The van der Waals surface area contributed by atoms with Crippen molar-refractivity contribution in [2.45, 2.75) is 33.4 Å². The van der Waals surface area contributed by atoms with E-state index in [1.165, 1.54) is 5.56 Å². The van der Waals surface area contributed by atoms with Crippen LogP contribution in [0.5, 0.6) is 0 Å². The summed E-state index contributed by atoms with van der Waals surface area (Å²) in [5.41, 5.74) is 4.65. The van der Waals surface area contributed by atoms with Crippen LogP contribution in [0.1, 0.15) is 31.4 Å². The maximum absolute atomic E-state index is 12.0. The van der Waals surface area contributed by atoms with Gasteiger partial charge in [0, 0.05) is 25.4 Å². The lowest BCUT2D eigenvalue weighted by Crippen LogP contribution is -2.24. The highest BCUT2D eigenvalue weighted by Gasteiger charge is 2.08. The number of hydrogen-bond acceptors (Lipinski definition) is 2. The number of rotatable bonds is 7. The topological polar surface area (TPSA) is 46.9 Å². The zero-order valence-corrected chi connectivity index (χ0v) is 15.4. The molecule has 0 aliphatic carbocycles.